The van der Waals surface area contributed by atoms with Crippen molar-refractivity contribution in [2.45, 2.75) is 38.0 Å². The molecule has 2 heterocycles. The SMILES string of the molecule is CCOc1cccc([C@H]2C3=CC[C@@H]4C(=O)N(O)C(=O)[C@@H]4[C@@H]3C[C@H]3C(=O)N(Nc4ccc(C)cc4)C(=O)[C@@]23c2ccccc2)c1O. The maximum atomic E-state index is 15.1. The Morgan fingerprint density at radius 1 is 0.911 bits per heavy atom. The number of nitrogens with one attached hydrogen (secondary N) is 1. The van der Waals surface area contributed by atoms with E-state index in [4.69, 9.17) is 4.74 Å². The van der Waals surface area contributed by atoms with Crippen LogP contribution in [0.1, 0.15) is 42.4 Å². The number of fused-ring (bicyclic) bond motifs is 4. The monoisotopic (exact) mass is 607 g/mol. The van der Waals surface area contributed by atoms with Crippen LogP contribution in [0.2, 0.25) is 0 Å². The lowest BCUT2D eigenvalue weighted by atomic mass is 9.49. The minimum absolute atomic E-state index is 0.0911. The summed E-state index contributed by atoms with van der Waals surface area (Å²) < 4.78 is 5.74. The number of phenolic OH excluding ortho intramolecular Hbond substituents is 1. The molecule has 2 aliphatic heterocycles. The third-order valence-corrected chi connectivity index (χ3v) is 10.0. The molecule has 1 saturated carbocycles. The Hall–Kier alpha value is -4.96. The molecule has 0 aromatic heterocycles. The van der Waals surface area contributed by atoms with Gasteiger partial charge in [0.1, 0.15) is 0 Å². The van der Waals surface area contributed by atoms with Gasteiger partial charge in [0.05, 0.1) is 35.5 Å². The molecule has 3 fully saturated rings. The zero-order valence-electron chi connectivity index (χ0n) is 24.8. The largest absolute Gasteiger partial charge is 0.504 e. The lowest BCUT2D eigenvalue weighted by molar-refractivity contribution is -0.173. The van der Waals surface area contributed by atoms with Crippen LogP contribution in [-0.2, 0) is 24.6 Å². The van der Waals surface area contributed by atoms with Gasteiger partial charge in [-0.25, -0.2) is 0 Å². The highest BCUT2D eigenvalue weighted by Gasteiger charge is 2.70. The van der Waals surface area contributed by atoms with Gasteiger partial charge in [0.15, 0.2) is 11.5 Å². The quantitative estimate of drug-likeness (QED) is 0.212. The second-order valence-corrected chi connectivity index (χ2v) is 12.2. The number of aromatic hydroxyl groups is 1. The minimum atomic E-state index is -1.52. The molecule has 10 heteroatoms. The Morgan fingerprint density at radius 3 is 2.36 bits per heavy atom. The molecule has 6 atom stereocenters. The van der Waals surface area contributed by atoms with Crippen LogP contribution in [0.4, 0.5) is 5.69 Å². The van der Waals surface area contributed by atoms with Gasteiger partial charge in [-0.05, 0) is 56.4 Å². The highest BCUT2D eigenvalue weighted by molar-refractivity contribution is 6.13. The van der Waals surface area contributed by atoms with Gasteiger partial charge in [-0.2, -0.15) is 10.1 Å². The zero-order chi connectivity index (χ0) is 31.6. The number of hydrogen-bond donors (Lipinski definition) is 3. The molecule has 45 heavy (non-hydrogen) atoms. The summed E-state index contributed by atoms with van der Waals surface area (Å²) in [4.78, 5) is 55.8. The molecule has 4 aliphatic rings. The summed E-state index contributed by atoms with van der Waals surface area (Å²) in [7, 11) is 0. The third-order valence-electron chi connectivity index (χ3n) is 10.0. The molecule has 3 N–H and O–H groups in total. The number of rotatable bonds is 6. The predicted octanol–water partition coefficient (Wildman–Crippen LogP) is 4.47. The smallest absolute Gasteiger partial charge is 0.260 e. The van der Waals surface area contributed by atoms with E-state index in [0.717, 1.165) is 10.6 Å². The fourth-order valence-electron chi connectivity index (χ4n) is 8.12. The highest BCUT2D eigenvalue weighted by atomic mass is 16.5. The number of aryl methyl sites for hydroxylation is 1. The average molecular weight is 608 g/mol. The summed E-state index contributed by atoms with van der Waals surface area (Å²) in [5.41, 5.74) is 4.73. The van der Waals surface area contributed by atoms with E-state index in [1.165, 1.54) is 0 Å². The fourth-order valence-corrected chi connectivity index (χ4v) is 8.12. The Labute approximate surface area is 259 Å². The molecular weight excluding hydrogens is 574 g/mol. The number of carbonyl (C=O) groups is 4. The molecule has 3 aromatic carbocycles. The van der Waals surface area contributed by atoms with Crippen LogP contribution in [0.3, 0.4) is 0 Å². The summed E-state index contributed by atoms with van der Waals surface area (Å²) in [6, 6.07) is 21.5. The first-order chi connectivity index (χ1) is 21.7. The van der Waals surface area contributed by atoms with Gasteiger partial charge in [-0.3, -0.25) is 29.8 Å². The number of imide groups is 2. The molecule has 230 valence electrons. The van der Waals surface area contributed by atoms with Gasteiger partial charge in [-0.15, -0.1) is 0 Å². The number of anilines is 1. The van der Waals surface area contributed by atoms with E-state index in [1.54, 1.807) is 37.3 Å². The lowest BCUT2D eigenvalue weighted by Gasteiger charge is -2.50. The second kappa shape index (κ2) is 10.6. The molecular formula is C35H33N3O7. The number of nitrogens with zero attached hydrogens (tertiary/aromatic N) is 2. The number of ether oxygens (including phenoxy) is 1. The molecule has 0 unspecified atom stereocenters. The van der Waals surface area contributed by atoms with Crippen molar-refractivity contribution in [2.75, 3.05) is 12.0 Å². The molecule has 0 spiro atoms. The van der Waals surface area contributed by atoms with Crippen LogP contribution < -0.4 is 10.2 Å². The summed E-state index contributed by atoms with van der Waals surface area (Å²) >= 11 is 0. The molecule has 7 rings (SSSR count). The minimum Gasteiger partial charge on any atom is -0.504 e. The van der Waals surface area contributed by atoms with Crippen molar-refractivity contribution in [3.8, 4) is 11.5 Å². The van der Waals surface area contributed by atoms with Crippen molar-refractivity contribution in [1.29, 1.82) is 0 Å². The van der Waals surface area contributed by atoms with Crippen molar-refractivity contribution in [3.63, 3.8) is 0 Å². The van der Waals surface area contributed by atoms with Gasteiger partial charge in [0, 0.05) is 11.5 Å². The summed E-state index contributed by atoms with van der Waals surface area (Å²) in [5.74, 6) is -6.49. The topological polar surface area (TPSA) is 136 Å². The maximum absolute atomic E-state index is 15.1. The zero-order valence-corrected chi connectivity index (χ0v) is 24.8. The third kappa shape index (κ3) is 4.05. The number of hydroxylamine groups is 2. The molecule has 2 saturated heterocycles. The average Bonchev–Trinajstić information content (AvgIpc) is 3.40. The van der Waals surface area contributed by atoms with E-state index < -0.39 is 58.6 Å². The van der Waals surface area contributed by atoms with Gasteiger partial charge >= 0.3 is 0 Å². The highest BCUT2D eigenvalue weighted by Crippen LogP contribution is 2.65. The number of phenols is 1. The first kappa shape index (κ1) is 28.8. The lowest BCUT2D eigenvalue weighted by Crippen LogP contribution is -2.53. The molecule has 0 bridgehead atoms. The number of hydrazine groups is 1. The van der Waals surface area contributed by atoms with Gasteiger partial charge < -0.3 is 9.84 Å². The fraction of sp³-hybridized carbons (Fsp3) is 0.314. The van der Waals surface area contributed by atoms with Crippen molar-refractivity contribution < 1.29 is 34.2 Å². The molecule has 10 nitrogen and oxygen atoms in total. The summed E-state index contributed by atoms with van der Waals surface area (Å²) in [6.07, 6.45) is 2.12. The van der Waals surface area contributed by atoms with Crippen LogP contribution in [0.5, 0.6) is 11.5 Å². The molecule has 3 aromatic rings. The van der Waals surface area contributed by atoms with E-state index in [9.17, 15) is 24.7 Å². The van der Waals surface area contributed by atoms with E-state index in [-0.39, 0.29) is 36.0 Å². The van der Waals surface area contributed by atoms with Gasteiger partial charge in [0.25, 0.3) is 23.6 Å². The normalized spacial score (nSPS) is 28.9. The summed E-state index contributed by atoms with van der Waals surface area (Å²) in [5, 5.41) is 23.3. The maximum Gasteiger partial charge on any atom is 0.260 e. The Kier molecular flexibility index (Phi) is 6.77. The number of hydrogen-bond acceptors (Lipinski definition) is 8. The van der Waals surface area contributed by atoms with Crippen LogP contribution >= 0.6 is 0 Å². The van der Waals surface area contributed by atoms with E-state index in [1.807, 2.05) is 55.5 Å². The standard InChI is InChI=1S/C35H33N3O7/c1-3-45-27-11-7-10-24(30(27)39)29-22-16-17-23-28(33(42)38(44)31(23)40)25(22)18-26-32(41)37(36-21-14-12-19(2)13-15-21)34(43)35(26,29)20-8-5-4-6-9-20/h4-16,23,25-26,28-29,36,39,44H,3,17-18H2,1-2H3/t23-,25+,26-,28-,29+,35+/m0/s1. The summed E-state index contributed by atoms with van der Waals surface area (Å²) in [6.45, 7) is 4.02. The van der Waals surface area contributed by atoms with Gasteiger partial charge in [-0.1, -0.05) is 71.8 Å². The Bertz CT molecular complexity index is 1750. The molecule has 2 aliphatic carbocycles. The number of allylic oxidation sites excluding steroid dienone is 2. The number of para-hydroxylation sites is 1. The predicted molar refractivity (Wildman–Crippen MR) is 162 cm³/mol. The van der Waals surface area contributed by atoms with Crippen molar-refractivity contribution in [2.24, 2.45) is 23.7 Å². The molecule has 4 amide bonds. The first-order valence-corrected chi connectivity index (χ1v) is 15.2. The first-order valence-electron chi connectivity index (χ1n) is 15.2. The van der Waals surface area contributed by atoms with E-state index in [2.05, 4.69) is 5.43 Å². The van der Waals surface area contributed by atoms with Crippen LogP contribution in [0, 0.1) is 30.6 Å². The van der Waals surface area contributed by atoms with Crippen molar-refractivity contribution in [3.05, 3.63) is 101 Å². The molecule has 0 radical (unpaired) electrons. The number of benzene rings is 3. The number of carbonyl (C=O) groups excluding carboxylic acids is 4. The van der Waals surface area contributed by atoms with E-state index in [0.29, 0.717) is 22.4 Å². The van der Waals surface area contributed by atoms with Crippen molar-refractivity contribution >= 4 is 29.3 Å². The van der Waals surface area contributed by atoms with Crippen molar-refractivity contribution in [1.82, 2.24) is 10.1 Å². The number of amides is 4. The van der Waals surface area contributed by atoms with Crippen LogP contribution in [0.25, 0.3) is 0 Å². The Balaban J connectivity index is 1.48. The second-order valence-electron chi connectivity index (χ2n) is 12.2. The van der Waals surface area contributed by atoms with E-state index >= 15 is 4.79 Å². The van der Waals surface area contributed by atoms with Crippen LogP contribution in [-0.4, -0.2) is 50.6 Å². The Morgan fingerprint density at radius 2 is 1.64 bits per heavy atom. The van der Waals surface area contributed by atoms with Gasteiger partial charge in [0.2, 0.25) is 0 Å². The van der Waals surface area contributed by atoms with Crippen LogP contribution in [0.15, 0.2) is 84.4 Å².